The van der Waals surface area contributed by atoms with E-state index in [0.717, 1.165) is 19.4 Å². The van der Waals surface area contributed by atoms with E-state index in [-0.39, 0.29) is 11.4 Å². The third kappa shape index (κ3) is 3.34. The van der Waals surface area contributed by atoms with E-state index in [1.807, 2.05) is 6.92 Å². The zero-order valence-electron chi connectivity index (χ0n) is 15.0. The van der Waals surface area contributed by atoms with Crippen molar-refractivity contribution in [3.8, 4) is 0 Å². The maximum atomic E-state index is 12.9. The average Bonchev–Trinajstić information content (AvgIpc) is 3.22. The van der Waals surface area contributed by atoms with Gasteiger partial charge in [0.25, 0.3) is 5.91 Å². The number of carbonyl (C=O) groups excluding carboxylic acids is 1. The molecular formula is C19H26N4O2. The summed E-state index contributed by atoms with van der Waals surface area (Å²) < 4.78 is 5.74. The summed E-state index contributed by atoms with van der Waals surface area (Å²) in [5, 5.41) is 7.27. The number of aromatic nitrogens is 2. The van der Waals surface area contributed by atoms with Crippen LogP contribution in [0.5, 0.6) is 0 Å². The number of nitrogens with zero attached hydrogens (tertiary/aromatic N) is 2. The minimum atomic E-state index is -0.0828. The Labute approximate surface area is 147 Å². The molecule has 6 nitrogen and oxygen atoms in total. The second-order valence-corrected chi connectivity index (χ2v) is 7.84. The summed E-state index contributed by atoms with van der Waals surface area (Å²) in [6.07, 6.45) is 9.99. The Bertz CT molecular complexity index is 788. The topological polar surface area (TPSA) is 80.1 Å². The maximum Gasteiger partial charge on any atom is 0.255 e. The van der Waals surface area contributed by atoms with Gasteiger partial charge in [-0.25, -0.2) is 9.97 Å². The van der Waals surface area contributed by atoms with Crippen LogP contribution in [0.15, 0.2) is 10.7 Å². The molecule has 1 amide bonds. The molecule has 6 heteroatoms. The van der Waals surface area contributed by atoms with E-state index in [1.54, 1.807) is 0 Å². The molecule has 0 saturated heterocycles. The molecule has 0 aromatic carbocycles. The van der Waals surface area contributed by atoms with Gasteiger partial charge < -0.3 is 15.1 Å². The van der Waals surface area contributed by atoms with Crippen molar-refractivity contribution in [2.45, 2.75) is 64.3 Å². The molecule has 0 unspecified atom stereocenters. The summed E-state index contributed by atoms with van der Waals surface area (Å²) in [6.45, 7) is 4.72. The molecule has 2 aliphatic rings. The fraction of sp³-hybridized carbons (Fsp3) is 0.632. The number of carbonyl (C=O) groups is 1. The maximum absolute atomic E-state index is 12.9. The molecule has 0 radical (unpaired) electrons. The quantitative estimate of drug-likeness (QED) is 0.864. The number of nitrogens with one attached hydrogen (secondary N) is 2. The Hall–Kier alpha value is -2.11. The summed E-state index contributed by atoms with van der Waals surface area (Å²) in [5.41, 5.74) is 1.11. The van der Waals surface area contributed by atoms with Gasteiger partial charge in [-0.15, -0.1) is 0 Å². The van der Waals surface area contributed by atoms with Crippen molar-refractivity contribution in [3.63, 3.8) is 0 Å². The lowest BCUT2D eigenvalue weighted by atomic mass is 9.89. The lowest BCUT2D eigenvalue weighted by Gasteiger charge is -2.21. The first-order chi connectivity index (χ1) is 12.1. The molecule has 0 atom stereocenters. The van der Waals surface area contributed by atoms with Gasteiger partial charge in [0.1, 0.15) is 17.9 Å². The zero-order chi connectivity index (χ0) is 17.4. The lowest BCUT2D eigenvalue weighted by Crippen LogP contribution is -2.30. The normalized spacial score (nSPS) is 19.8. The monoisotopic (exact) mass is 342 g/mol. The van der Waals surface area contributed by atoms with E-state index in [0.29, 0.717) is 34.2 Å². The number of anilines is 1. The summed E-state index contributed by atoms with van der Waals surface area (Å²) in [7, 11) is 0. The summed E-state index contributed by atoms with van der Waals surface area (Å²) >= 11 is 0. The molecular weight excluding hydrogens is 316 g/mol. The molecule has 2 heterocycles. The number of hydrogen-bond acceptors (Lipinski definition) is 5. The van der Waals surface area contributed by atoms with Gasteiger partial charge in [0.15, 0.2) is 0 Å². The van der Waals surface area contributed by atoms with Gasteiger partial charge in [0, 0.05) is 12.1 Å². The Morgan fingerprint density at radius 1 is 1.28 bits per heavy atom. The van der Waals surface area contributed by atoms with Crippen LogP contribution in [0, 0.1) is 12.8 Å². The van der Waals surface area contributed by atoms with E-state index in [2.05, 4.69) is 27.5 Å². The fourth-order valence-corrected chi connectivity index (χ4v) is 3.73. The molecule has 2 aliphatic carbocycles. The van der Waals surface area contributed by atoms with Crippen molar-refractivity contribution in [2.24, 2.45) is 5.92 Å². The van der Waals surface area contributed by atoms with Gasteiger partial charge in [-0.3, -0.25) is 4.79 Å². The first-order valence-electron chi connectivity index (χ1n) is 9.36. The summed E-state index contributed by atoms with van der Waals surface area (Å²) in [5.74, 6) is 1.81. The first-order valence-corrected chi connectivity index (χ1v) is 9.36. The molecule has 2 aromatic rings. The van der Waals surface area contributed by atoms with Crippen LogP contribution < -0.4 is 10.6 Å². The van der Waals surface area contributed by atoms with Gasteiger partial charge in [-0.2, -0.15) is 0 Å². The van der Waals surface area contributed by atoms with Crippen LogP contribution in [0.1, 0.15) is 68.0 Å². The van der Waals surface area contributed by atoms with Crippen LogP contribution in [0.4, 0.5) is 5.82 Å². The number of rotatable bonds is 5. The van der Waals surface area contributed by atoms with E-state index < -0.39 is 0 Å². The summed E-state index contributed by atoms with van der Waals surface area (Å²) in [6, 6.07) is 0. The van der Waals surface area contributed by atoms with E-state index in [4.69, 9.17) is 4.42 Å². The Morgan fingerprint density at radius 2 is 2.04 bits per heavy atom. The summed E-state index contributed by atoms with van der Waals surface area (Å²) in [4.78, 5) is 21.4. The van der Waals surface area contributed by atoms with Gasteiger partial charge in [0.05, 0.1) is 10.9 Å². The fourth-order valence-electron chi connectivity index (χ4n) is 3.73. The molecule has 2 saturated carbocycles. The van der Waals surface area contributed by atoms with Crippen LogP contribution in [0.3, 0.4) is 0 Å². The highest BCUT2D eigenvalue weighted by Gasteiger charge is 2.38. The largest absolute Gasteiger partial charge is 0.442 e. The standard InChI is InChI=1S/C19H26N4O2/c1-12-14(17(24)20-10-13-6-4-3-5-7-13)15-16(23-19(2)8-9-19)21-11-22-18(15)25-12/h11,13H,3-10H2,1-2H3,(H,20,24)(H,21,22,23). The highest BCUT2D eigenvalue weighted by Crippen LogP contribution is 2.40. The Kier molecular flexibility index (Phi) is 4.13. The molecule has 134 valence electrons. The molecule has 4 rings (SSSR count). The van der Waals surface area contributed by atoms with Crippen molar-refractivity contribution in [3.05, 3.63) is 17.7 Å². The van der Waals surface area contributed by atoms with Crippen molar-refractivity contribution >= 4 is 22.8 Å². The van der Waals surface area contributed by atoms with Gasteiger partial charge in [-0.1, -0.05) is 19.3 Å². The molecule has 2 fully saturated rings. The van der Waals surface area contributed by atoms with Crippen LogP contribution in [-0.2, 0) is 0 Å². The van der Waals surface area contributed by atoms with Gasteiger partial charge in [-0.05, 0) is 45.4 Å². The zero-order valence-corrected chi connectivity index (χ0v) is 15.0. The smallest absolute Gasteiger partial charge is 0.255 e. The number of hydrogen-bond donors (Lipinski definition) is 2. The van der Waals surface area contributed by atoms with Crippen molar-refractivity contribution in [1.82, 2.24) is 15.3 Å². The van der Waals surface area contributed by atoms with Gasteiger partial charge >= 0.3 is 0 Å². The molecule has 2 aromatic heterocycles. The second-order valence-electron chi connectivity index (χ2n) is 7.84. The molecule has 0 bridgehead atoms. The lowest BCUT2D eigenvalue weighted by molar-refractivity contribution is 0.0943. The molecule has 2 N–H and O–H groups in total. The minimum Gasteiger partial charge on any atom is -0.442 e. The van der Waals surface area contributed by atoms with Crippen molar-refractivity contribution in [2.75, 3.05) is 11.9 Å². The highest BCUT2D eigenvalue weighted by molar-refractivity contribution is 6.10. The third-order valence-corrected chi connectivity index (χ3v) is 5.59. The Balaban J connectivity index is 1.59. The predicted molar refractivity (Wildman–Crippen MR) is 96.7 cm³/mol. The van der Waals surface area contributed by atoms with Crippen LogP contribution in [0.2, 0.25) is 0 Å². The average molecular weight is 342 g/mol. The van der Waals surface area contributed by atoms with E-state index in [1.165, 1.54) is 38.4 Å². The molecule has 0 spiro atoms. The SMILES string of the molecule is Cc1oc2ncnc(NC3(C)CC3)c2c1C(=O)NCC1CCCCC1. The second kappa shape index (κ2) is 6.32. The first kappa shape index (κ1) is 16.4. The van der Waals surface area contributed by atoms with E-state index in [9.17, 15) is 4.79 Å². The Morgan fingerprint density at radius 3 is 2.76 bits per heavy atom. The van der Waals surface area contributed by atoms with Crippen molar-refractivity contribution < 1.29 is 9.21 Å². The predicted octanol–water partition coefficient (Wildman–Crippen LogP) is 3.81. The van der Waals surface area contributed by atoms with Crippen LogP contribution in [0.25, 0.3) is 11.1 Å². The van der Waals surface area contributed by atoms with Crippen molar-refractivity contribution in [1.29, 1.82) is 0 Å². The molecule has 0 aliphatic heterocycles. The number of furan rings is 1. The van der Waals surface area contributed by atoms with Crippen LogP contribution in [-0.4, -0.2) is 28.0 Å². The number of fused-ring (bicyclic) bond motifs is 1. The molecule has 25 heavy (non-hydrogen) atoms. The number of amides is 1. The minimum absolute atomic E-state index is 0.0717. The van der Waals surface area contributed by atoms with E-state index >= 15 is 0 Å². The third-order valence-electron chi connectivity index (χ3n) is 5.59. The van der Waals surface area contributed by atoms with Crippen LogP contribution >= 0.6 is 0 Å². The number of aryl methyl sites for hydroxylation is 1. The highest BCUT2D eigenvalue weighted by atomic mass is 16.3. The van der Waals surface area contributed by atoms with Gasteiger partial charge in [0.2, 0.25) is 5.71 Å².